The first kappa shape index (κ1) is 33.2. The van der Waals surface area contributed by atoms with Crippen LogP contribution in [0.3, 0.4) is 0 Å². The fraction of sp³-hybridized carbons (Fsp3) is 0.442. The standard InChI is InChI=1S/C30H27N2.C13H24O2.Ir/c1-17-14-20-19-8-6-7-9-23(19)32-27(20)21(15-17)26-24-18(10-13-31-26)16-22-25(28(24)32)30(4,5)12-11-29(22,2)3;1-5-10(6-2)12(14)9-13(15)11(7-3)8-4;/h6-10,13-14,16H,11-12H2,1-5H3;9-11,14H,5-8H2,1-4H3;/q-1;;/b;12-9-;/i10D,13D;;. The summed E-state index contributed by atoms with van der Waals surface area (Å²) >= 11 is 0. The van der Waals surface area contributed by atoms with Crippen LogP contribution < -0.4 is 0 Å². The van der Waals surface area contributed by atoms with Crippen molar-refractivity contribution in [3.8, 4) is 0 Å². The molecule has 7 rings (SSSR count). The Kier molecular flexibility index (Phi) is 9.39. The molecule has 1 aliphatic rings. The van der Waals surface area contributed by atoms with E-state index in [1.165, 1.54) is 33.5 Å². The summed E-state index contributed by atoms with van der Waals surface area (Å²) in [5.74, 6) is 0.547. The normalized spacial score (nSPS) is 16.4. The molecule has 0 bridgehead atoms. The number of pyridine rings is 2. The molecular weight excluding hydrogens is 769 g/mol. The average molecular weight is 822 g/mol. The molecule has 3 aromatic heterocycles. The van der Waals surface area contributed by atoms with Gasteiger partial charge in [-0.25, -0.2) is 0 Å². The maximum Gasteiger partial charge on any atom is 0.162 e. The third-order valence-corrected chi connectivity index (χ3v) is 11.1. The third-order valence-electron chi connectivity index (χ3n) is 11.1. The quantitative estimate of drug-likeness (QED) is 0.0574. The van der Waals surface area contributed by atoms with Gasteiger partial charge >= 0.3 is 0 Å². The Morgan fingerprint density at radius 2 is 1.62 bits per heavy atom. The SMILES string of the molecule is CCC(CC)C(=O)/C=C(\O)C(CC)CC.[2H]c1nc2c3[c-]c(C)cc4c5ccccc5n(c5c6c(cc(c1[2H])c25)C(C)(C)CCC6(C)C)c34.[Ir]. The first-order chi connectivity index (χ1) is 23.2. The van der Waals surface area contributed by atoms with Gasteiger partial charge in [0, 0.05) is 55.2 Å². The summed E-state index contributed by atoms with van der Waals surface area (Å²) in [5, 5.41) is 15.0. The van der Waals surface area contributed by atoms with Crippen molar-refractivity contribution in [1.29, 1.82) is 0 Å². The maximum absolute atomic E-state index is 11.7. The number of hydrogen-bond donors (Lipinski definition) is 1. The number of benzene rings is 3. The van der Waals surface area contributed by atoms with Crippen LogP contribution >= 0.6 is 0 Å². The summed E-state index contributed by atoms with van der Waals surface area (Å²) in [6.07, 6.45) is 7.15. The number of fused-ring (bicyclic) bond motifs is 7. The minimum Gasteiger partial charge on any atom is -0.512 e. The predicted molar refractivity (Wildman–Crippen MR) is 199 cm³/mol. The van der Waals surface area contributed by atoms with Crippen LogP contribution in [0.5, 0.6) is 0 Å². The van der Waals surface area contributed by atoms with E-state index in [9.17, 15) is 9.90 Å². The maximum atomic E-state index is 11.7. The number of aliphatic hydroxyl groups is 1. The topological polar surface area (TPSA) is 54.6 Å². The average Bonchev–Trinajstić information content (AvgIpc) is 3.39. The number of aliphatic hydroxyl groups excluding tert-OH is 1. The predicted octanol–water partition coefficient (Wildman–Crippen LogP) is 11.7. The van der Waals surface area contributed by atoms with Gasteiger partial charge in [-0.2, -0.15) is 0 Å². The number of rotatable bonds is 7. The van der Waals surface area contributed by atoms with Gasteiger partial charge in [-0.15, -0.1) is 17.7 Å². The molecule has 0 unspecified atom stereocenters. The van der Waals surface area contributed by atoms with Crippen molar-refractivity contribution >= 4 is 54.8 Å². The Morgan fingerprint density at radius 3 is 2.29 bits per heavy atom. The van der Waals surface area contributed by atoms with Crippen LogP contribution in [0.2, 0.25) is 0 Å². The van der Waals surface area contributed by atoms with Gasteiger partial charge in [0.25, 0.3) is 0 Å². The largest absolute Gasteiger partial charge is 0.512 e. The third kappa shape index (κ3) is 5.86. The zero-order chi connectivity index (χ0) is 35.6. The van der Waals surface area contributed by atoms with E-state index in [-0.39, 0.29) is 66.5 Å². The van der Waals surface area contributed by atoms with Crippen molar-refractivity contribution in [2.75, 3.05) is 0 Å². The van der Waals surface area contributed by atoms with Crippen molar-refractivity contribution in [3.05, 3.63) is 83.2 Å². The molecule has 0 aliphatic heterocycles. The number of aromatic nitrogens is 2. The molecule has 0 fully saturated rings. The van der Waals surface area contributed by atoms with Crippen LogP contribution in [0, 0.1) is 24.8 Å². The van der Waals surface area contributed by atoms with Gasteiger partial charge in [0.2, 0.25) is 0 Å². The van der Waals surface area contributed by atoms with Crippen LogP contribution in [0.4, 0.5) is 0 Å². The molecule has 48 heavy (non-hydrogen) atoms. The number of nitrogens with zero attached hydrogens (tertiary/aromatic N) is 2. The molecule has 1 N–H and O–H groups in total. The Hall–Kier alpha value is -3.27. The minimum absolute atomic E-state index is 0. The minimum atomic E-state index is -0.0168. The molecule has 0 atom stereocenters. The van der Waals surface area contributed by atoms with Crippen molar-refractivity contribution < 1.29 is 32.7 Å². The summed E-state index contributed by atoms with van der Waals surface area (Å²) in [7, 11) is 0. The molecule has 3 heterocycles. The summed E-state index contributed by atoms with van der Waals surface area (Å²) < 4.78 is 19.9. The number of ketones is 1. The zero-order valence-electron chi connectivity index (χ0n) is 32.0. The molecule has 0 spiro atoms. The fourth-order valence-electron chi connectivity index (χ4n) is 8.06. The molecule has 6 aromatic rings. The van der Waals surface area contributed by atoms with E-state index < -0.39 is 0 Å². The number of para-hydroxylation sites is 1. The van der Waals surface area contributed by atoms with Crippen molar-refractivity contribution in [2.45, 2.75) is 112 Å². The van der Waals surface area contributed by atoms with Gasteiger partial charge in [0.1, 0.15) is 0 Å². The van der Waals surface area contributed by atoms with E-state index in [4.69, 9.17) is 7.73 Å². The molecule has 3 aromatic carbocycles. The van der Waals surface area contributed by atoms with Crippen LogP contribution in [-0.4, -0.2) is 20.3 Å². The van der Waals surface area contributed by atoms with Gasteiger partial charge in [-0.3, -0.25) is 4.79 Å². The number of aryl methyl sites for hydroxylation is 1. The van der Waals surface area contributed by atoms with E-state index in [0.717, 1.165) is 76.8 Å². The van der Waals surface area contributed by atoms with Gasteiger partial charge in [-0.05, 0) is 99.8 Å². The first-order valence-corrected chi connectivity index (χ1v) is 17.6. The molecule has 255 valence electrons. The number of carbonyl (C=O) groups excluding carboxylic acids is 1. The second-order valence-corrected chi connectivity index (χ2v) is 15.0. The van der Waals surface area contributed by atoms with Crippen molar-refractivity contribution in [3.63, 3.8) is 0 Å². The summed E-state index contributed by atoms with van der Waals surface area (Å²) in [6.45, 7) is 19.5. The van der Waals surface area contributed by atoms with Gasteiger partial charge in [0.05, 0.1) is 8.50 Å². The molecular formula is C43H51IrN2O2-. The number of allylic oxidation sites excluding steroid dienone is 2. The Bertz CT molecular complexity index is 2260. The first-order valence-electron chi connectivity index (χ1n) is 18.6. The Labute approximate surface area is 302 Å². The van der Waals surface area contributed by atoms with Crippen LogP contribution in [-0.2, 0) is 35.7 Å². The Balaban J connectivity index is 0.000000261. The van der Waals surface area contributed by atoms with Gasteiger partial charge in [-0.1, -0.05) is 97.4 Å². The number of hydrogen-bond acceptors (Lipinski definition) is 3. The number of carbonyl (C=O) groups is 1. The van der Waals surface area contributed by atoms with E-state index >= 15 is 0 Å². The van der Waals surface area contributed by atoms with Gasteiger partial charge < -0.3 is 14.5 Å². The second-order valence-electron chi connectivity index (χ2n) is 15.0. The smallest absolute Gasteiger partial charge is 0.162 e. The van der Waals surface area contributed by atoms with Gasteiger partial charge in [0.15, 0.2) is 5.78 Å². The molecule has 1 aliphatic carbocycles. The monoisotopic (exact) mass is 822 g/mol. The molecule has 0 saturated carbocycles. The van der Waals surface area contributed by atoms with E-state index in [1.807, 2.05) is 27.7 Å². The van der Waals surface area contributed by atoms with E-state index in [1.54, 1.807) is 0 Å². The van der Waals surface area contributed by atoms with Crippen LogP contribution in [0.15, 0.2) is 60.4 Å². The molecule has 4 nitrogen and oxygen atoms in total. The summed E-state index contributed by atoms with van der Waals surface area (Å²) in [5.41, 5.74) is 7.98. The fourth-order valence-corrected chi connectivity index (χ4v) is 8.06. The van der Waals surface area contributed by atoms with Crippen molar-refractivity contribution in [1.82, 2.24) is 9.38 Å². The van der Waals surface area contributed by atoms with E-state index in [2.05, 4.69) is 81.5 Å². The summed E-state index contributed by atoms with van der Waals surface area (Å²) in [6, 6.07) is 16.9. The van der Waals surface area contributed by atoms with Crippen LogP contribution in [0.1, 0.15) is 113 Å². The molecule has 1 radical (unpaired) electrons. The van der Waals surface area contributed by atoms with Crippen molar-refractivity contribution in [2.24, 2.45) is 11.8 Å². The molecule has 0 amide bonds. The van der Waals surface area contributed by atoms with Crippen LogP contribution in [0.25, 0.3) is 49.0 Å². The Morgan fingerprint density at radius 1 is 0.979 bits per heavy atom. The second kappa shape index (κ2) is 13.6. The zero-order valence-corrected chi connectivity index (χ0v) is 32.4. The summed E-state index contributed by atoms with van der Waals surface area (Å²) in [4.78, 5) is 16.4. The molecule has 5 heteroatoms. The molecule has 0 saturated heterocycles. The van der Waals surface area contributed by atoms with E-state index in [0.29, 0.717) is 0 Å².